The average molecular weight is 599 g/mol. The van der Waals surface area contributed by atoms with Gasteiger partial charge in [-0.25, -0.2) is 17.6 Å². The van der Waals surface area contributed by atoms with Crippen LogP contribution in [0.15, 0.2) is 71.6 Å². The van der Waals surface area contributed by atoms with E-state index in [1.807, 2.05) is 25.1 Å². The number of likely N-dealkylation sites (tertiary alicyclic amines) is 1. The number of nitrogens with zero attached hydrogens (tertiary/aromatic N) is 3. The SMILES string of the molecule is CC1N(S(=O)(=O)c2ccc(F)cc2)c2ccc(C(=O)NCc3ccccc3Cl)cc2C12CCN(C(=O)N(C)C)CC2. The van der Waals surface area contributed by atoms with Gasteiger partial charge < -0.3 is 15.1 Å². The number of sulfonamides is 1. The number of piperidine rings is 1. The molecule has 11 heteroatoms. The summed E-state index contributed by atoms with van der Waals surface area (Å²) < 4.78 is 42.9. The van der Waals surface area contributed by atoms with Crippen LogP contribution in [0.5, 0.6) is 0 Å². The van der Waals surface area contributed by atoms with Crippen LogP contribution in [0.25, 0.3) is 0 Å². The number of carbonyl (C=O) groups excluding carboxylic acids is 2. The summed E-state index contributed by atoms with van der Waals surface area (Å²) in [6.45, 7) is 2.98. The van der Waals surface area contributed by atoms with Crippen LogP contribution in [-0.2, 0) is 22.0 Å². The number of rotatable bonds is 5. The summed E-state index contributed by atoms with van der Waals surface area (Å²) in [6, 6.07) is 16.5. The van der Waals surface area contributed by atoms with Gasteiger partial charge in [0.15, 0.2) is 0 Å². The molecule has 3 aromatic carbocycles. The molecule has 1 saturated heterocycles. The maximum atomic E-state index is 14.0. The molecule has 2 heterocycles. The molecule has 216 valence electrons. The monoisotopic (exact) mass is 598 g/mol. The van der Waals surface area contributed by atoms with Crippen molar-refractivity contribution < 1.29 is 22.4 Å². The van der Waals surface area contributed by atoms with Crippen molar-refractivity contribution in [3.63, 3.8) is 0 Å². The van der Waals surface area contributed by atoms with Gasteiger partial charge in [0.1, 0.15) is 5.82 Å². The second-order valence-electron chi connectivity index (χ2n) is 10.8. The van der Waals surface area contributed by atoms with Crippen molar-refractivity contribution in [3.8, 4) is 0 Å². The fourth-order valence-electron chi connectivity index (χ4n) is 5.97. The van der Waals surface area contributed by atoms with E-state index in [0.717, 1.165) is 23.3 Å². The quantitative estimate of drug-likeness (QED) is 0.446. The molecule has 3 amide bonds. The minimum absolute atomic E-state index is 0.0180. The van der Waals surface area contributed by atoms with Gasteiger partial charge in [-0.1, -0.05) is 29.8 Å². The highest BCUT2D eigenvalue weighted by atomic mass is 35.5. The molecule has 5 rings (SSSR count). The highest BCUT2D eigenvalue weighted by Crippen LogP contribution is 2.53. The van der Waals surface area contributed by atoms with E-state index in [1.54, 1.807) is 43.3 Å². The van der Waals surface area contributed by atoms with Crippen molar-refractivity contribution >= 4 is 39.2 Å². The molecule has 8 nitrogen and oxygen atoms in total. The van der Waals surface area contributed by atoms with E-state index in [9.17, 15) is 22.4 Å². The Morgan fingerprint density at radius 3 is 2.34 bits per heavy atom. The maximum absolute atomic E-state index is 14.0. The number of carbonyl (C=O) groups is 2. The molecule has 2 aliphatic heterocycles. The Labute approximate surface area is 244 Å². The number of anilines is 1. The number of benzene rings is 3. The second-order valence-corrected chi connectivity index (χ2v) is 13.0. The summed E-state index contributed by atoms with van der Waals surface area (Å²) in [5.41, 5.74) is 1.78. The van der Waals surface area contributed by atoms with Gasteiger partial charge in [0.2, 0.25) is 0 Å². The molecule has 1 spiro atoms. The molecule has 0 saturated carbocycles. The summed E-state index contributed by atoms with van der Waals surface area (Å²) in [5, 5.41) is 3.46. The number of urea groups is 1. The van der Waals surface area contributed by atoms with E-state index in [2.05, 4.69) is 5.32 Å². The van der Waals surface area contributed by atoms with E-state index in [0.29, 0.717) is 42.2 Å². The van der Waals surface area contributed by atoms with Gasteiger partial charge in [-0.15, -0.1) is 0 Å². The van der Waals surface area contributed by atoms with Crippen LogP contribution in [0.2, 0.25) is 5.02 Å². The second kappa shape index (κ2) is 11.0. The van der Waals surface area contributed by atoms with Crippen LogP contribution in [0.3, 0.4) is 0 Å². The predicted octanol–water partition coefficient (Wildman–Crippen LogP) is 5.02. The lowest BCUT2D eigenvalue weighted by molar-refractivity contribution is 0.0950. The third-order valence-corrected chi connectivity index (χ3v) is 10.5. The third kappa shape index (κ3) is 5.15. The minimum atomic E-state index is -4.06. The first-order valence-electron chi connectivity index (χ1n) is 13.4. The average Bonchev–Trinajstić information content (AvgIpc) is 3.19. The number of nitrogens with one attached hydrogen (secondary N) is 1. The fraction of sp³-hybridized carbons (Fsp3) is 0.333. The molecule has 41 heavy (non-hydrogen) atoms. The zero-order valence-electron chi connectivity index (χ0n) is 23.1. The minimum Gasteiger partial charge on any atom is -0.348 e. The number of halogens is 2. The Balaban J connectivity index is 1.52. The van der Waals surface area contributed by atoms with Gasteiger partial charge in [-0.2, -0.15) is 0 Å². The van der Waals surface area contributed by atoms with Crippen molar-refractivity contribution in [1.82, 2.24) is 15.1 Å². The molecular weight excluding hydrogens is 567 g/mol. The molecule has 1 fully saturated rings. The van der Waals surface area contributed by atoms with Crippen molar-refractivity contribution in [3.05, 3.63) is 94.3 Å². The van der Waals surface area contributed by atoms with Gasteiger partial charge in [-0.05, 0) is 79.4 Å². The molecule has 0 radical (unpaired) electrons. The van der Waals surface area contributed by atoms with Crippen LogP contribution < -0.4 is 9.62 Å². The molecule has 1 N–H and O–H groups in total. The molecule has 1 unspecified atom stereocenters. The van der Waals surface area contributed by atoms with E-state index < -0.39 is 27.3 Å². The lowest BCUT2D eigenvalue weighted by Gasteiger charge is -2.44. The third-order valence-electron chi connectivity index (χ3n) is 8.26. The van der Waals surface area contributed by atoms with Crippen molar-refractivity contribution in [2.24, 2.45) is 0 Å². The first kappa shape index (κ1) is 28.9. The van der Waals surface area contributed by atoms with Crippen molar-refractivity contribution in [2.75, 3.05) is 31.5 Å². The first-order valence-corrected chi connectivity index (χ1v) is 15.2. The Morgan fingerprint density at radius 1 is 1.05 bits per heavy atom. The van der Waals surface area contributed by atoms with Gasteiger partial charge in [0.05, 0.1) is 16.6 Å². The Morgan fingerprint density at radius 2 is 1.71 bits per heavy atom. The first-order chi connectivity index (χ1) is 19.5. The van der Waals surface area contributed by atoms with Crippen LogP contribution in [0.4, 0.5) is 14.9 Å². The van der Waals surface area contributed by atoms with Gasteiger partial charge in [0.25, 0.3) is 15.9 Å². The molecule has 1 atom stereocenters. The molecule has 2 aliphatic rings. The predicted molar refractivity (Wildman–Crippen MR) is 156 cm³/mol. The van der Waals surface area contributed by atoms with Crippen LogP contribution in [0, 0.1) is 5.82 Å². The number of amides is 3. The topological polar surface area (TPSA) is 90.0 Å². The van der Waals surface area contributed by atoms with Crippen molar-refractivity contribution in [2.45, 2.75) is 42.7 Å². The number of hydrogen-bond donors (Lipinski definition) is 1. The highest BCUT2D eigenvalue weighted by molar-refractivity contribution is 7.92. The van der Waals surface area contributed by atoms with E-state index in [1.165, 1.54) is 21.3 Å². The fourth-order valence-corrected chi connectivity index (χ4v) is 7.92. The maximum Gasteiger partial charge on any atom is 0.319 e. The van der Waals surface area contributed by atoms with Gasteiger partial charge in [0, 0.05) is 49.7 Å². The highest BCUT2D eigenvalue weighted by Gasteiger charge is 2.54. The van der Waals surface area contributed by atoms with Crippen LogP contribution in [-0.4, -0.2) is 63.4 Å². The van der Waals surface area contributed by atoms with E-state index >= 15 is 0 Å². The lowest BCUT2D eigenvalue weighted by atomic mass is 9.70. The van der Waals surface area contributed by atoms with Gasteiger partial charge in [-0.3, -0.25) is 9.10 Å². The van der Waals surface area contributed by atoms with E-state index in [4.69, 9.17) is 11.6 Å². The standard InChI is InChI=1S/C30H32ClFN4O4S/c1-20-30(14-16-35(17-15-30)29(38)34(2)3)25-18-21(28(37)33-19-22-6-4-5-7-26(22)31)8-13-27(25)36(20)41(39,40)24-11-9-23(32)10-12-24/h4-13,18,20H,14-17,19H2,1-3H3,(H,33,37). The number of fused-ring (bicyclic) bond motifs is 2. The largest absolute Gasteiger partial charge is 0.348 e. The summed E-state index contributed by atoms with van der Waals surface area (Å²) in [6.07, 6.45) is 1.03. The lowest BCUT2D eigenvalue weighted by Crippen LogP contribution is -2.53. The molecule has 3 aromatic rings. The van der Waals surface area contributed by atoms with E-state index in [-0.39, 0.29) is 23.4 Å². The molecule has 0 aromatic heterocycles. The van der Waals surface area contributed by atoms with Crippen molar-refractivity contribution in [1.29, 1.82) is 0 Å². The van der Waals surface area contributed by atoms with Crippen LogP contribution >= 0.6 is 11.6 Å². The zero-order valence-corrected chi connectivity index (χ0v) is 24.7. The summed E-state index contributed by atoms with van der Waals surface area (Å²) in [5.74, 6) is -0.837. The summed E-state index contributed by atoms with van der Waals surface area (Å²) >= 11 is 6.25. The summed E-state index contributed by atoms with van der Waals surface area (Å²) in [4.78, 5) is 29.2. The van der Waals surface area contributed by atoms with Crippen LogP contribution in [0.1, 0.15) is 41.3 Å². The Bertz CT molecular complexity index is 1590. The smallest absolute Gasteiger partial charge is 0.319 e. The Kier molecular flexibility index (Phi) is 7.74. The Hall–Kier alpha value is -3.63. The summed E-state index contributed by atoms with van der Waals surface area (Å²) in [7, 11) is -0.660. The molecular formula is C30H32ClFN4O4S. The zero-order chi connectivity index (χ0) is 29.5. The number of hydrogen-bond acceptors (Lipinski definition) is 4. The van der Waals surface area contributed by atoms with Gasteiger partial charge >= 0.3 is 6.03 Å². The normalized spacial score (nSPS) is 17.8. The molecule has 0 aliphatic carbocycles. The molecule has 0 bridgehead atoms.